The monoisotopic (exact) mass is 525 g/mol. The zero-order valence-electron chi connectivity index (χ0n) is 19.8. The zero-order chi connectivity index (χ0) is 25.3. The molecule has 0 atom stereocenters. The maximum absolute atomic E-state index is 11.4. The van der Waals surface area contributed by atoms with Gasteiger partial charge >= 0.3 is 40.0 Å². The van der Waals surface area contributed by atoms with Gasteiger partial charge in [0.2, 0.25) is 5.88 Å². The van der Waals surface area contributed by atoms with Crippen LogP contribution in [0, 0.1) is 0 Å². The number of benzene rings is 3. The SMILES string of the molecule is O=S(=O)(O)Oc1ccc(-c2cn3c(O)c(Cc4ccc([O-])cc4)nc3c(Cc3ccccc3)n2)cc1.[Na+]. The van der Waals surface area contributed by atoms with Crippen LogP contribution in [0.25, 0.3) is 16.9 Å². The van der Waals surface area contributed by atoms with Gasteiger partial charge < -0.3 is 14.4 Å². The van der Waals surface area contributed by atoms with Gasteiger partial charge in [0.25, 0.3) is 0 Å². The van der Waals surface area contributed by atoms with Crippen molar-refractivity contribution in [3.05, 3.63) is 108 Å². The fraction of sp³-hybridized carbons (Fsp3) is 0.0769. The van der Waals surface area contributed by atoms with Gasteiger partial charge in [-0.05, 0) is 35.4 Å². The Morgan fingerprint density at radius 3 is 2.11 bits per heavy atom. The van der Waals surface area contributed by atoms with Gasteiger partial charge in [0.1, 0.15) is 11.4 Å². The molecular formula is C26H20N3NaO6S. The number of hydrogen-bond acceptors (Lipinski definition) is 7. The Morgan fingerprint density at radius 1 is 0.838 bits per heavy atom. The normalized spacial score (nSPS) is 11.3. The molecule has 0 aliphatic carbocycles. The van der Waals surface area contributed by atoms with E-state index in [0.717, 1.165) is 11.1 Å². The van der Waals surface area contributed by atoms with Gasteiger partial charge in [-0.1, -0.05) is 54.6 Å². The molecule has 2 heterocycles. The Hall–Kier alpha value is -3.41. The standard InChI is InChI=1S/C26H21N3O6S.Na/c30-20-10-6-18(7-11-20)15-23-26(31)29-16-24(19-8-12-21(13-9-19)35-36(32,33)34)27-22(25(29)28-23)14-17-4-2-1-3-5-17;/h1-13,16,30-31H,14-15H2,(H,32,33,34);/q;+1/p-1. The van der Waals surface area contributed by atoms with Crippen molar-refractivity contribution in [2.45, 2.75) is 12.8 Å². The third kappa shape index (κ3) is 6.30. The quantitative estimate of drug-likeness (QED) is 0.232. The average Bonchev–Trinajstić information content (AvgIpc) is 3.16. The van der Waals surface area contributed by atoms with Gasteiger partial charge in [-0.25, -0.2) is 9.97 Å². The fourth-order valence-corrected chi connectivity index (χ4v) is 4.27. The molecule has 0 aliphatic heterocycles. The van der Waals surface area contributed by atoms with Crippen molar-refractivity contribution in [2.24, 2.45) is 0 Å². The van der Waals surface area contributed by atoms with E-state index in [-0.39, 0.29) is 46.9 Å². The van der Waals surface area contributed by atoms with Crippen LogP contribution in [0.4, 0.5) is 0 Å². The molecule has 0 unspecified atom stereocenters. The first-order chi connectivity index (χ1) is 17.2. The third-order valence-corrected chi connectivity index (χ3v) is 5.98. The maximum atomic E-state index is 11.4. The summed E-state index contributed by atoms with van der Waals surface area (Å²) in [5.74, 6) is -0.186. The van der Waals surface area contributed by atoms with Crippen molar-refractivity contribution in [2.75, 3.05) is 0 Å². The van der Waals surface area contributed by atoms with Crippen LogP contribution in [0.2, 0.25) is 0 Å². The van der Waals surface area contributed by atoms with Crippen molar-refractivity contribution in [3.8, 4) is 28.6 Å². The summed E-state index contributed by atoms with van der Waals surface area (Å²) in [6.07, 6.45) is 2.44. The van der Waals surface area contributed by atoms with E-state index in [9.17, 15) is 18.6 Å². The predicted octanol–water partition coefficient (Wildman–Crippen LogP) is 0.543. The molecule has 0 fully saturated rings. The van der Waals surface area contributed by atoms with Gasteiger partial charge in [0.15, 0.2) is 5.65 Å². The van der Waals surface area contributed by atoms with Crippen LogP contribution in [0.1, 0.15) is 22.5 Å². The summed E-state index contributed by atoms with van der Waals surface area (Å²) < 4.78 is 36.9. The van der Waals surface area contributed by atoms with Gasteiger partial charge in [-0.2, -0.15) is 8.42 Å². The number of hydrogen-bond donors (Lipinski definition) is 2. The molecule has 0 saturated heterocycles. The third-order valence-electron chi connectivity index (χ3n) is 5.58. The number of aromatic hydroxyl groups is 1. The summed E-state index contributed by atoms with van der Waals surface area (Å²) in [7, 11) is -4.63. The van der Waals surface area contributed by atoms with Crippen LogP contribution in [0.15, 0.2) is 85.1 Å². The number of fused-ring (bicyclic) bond motifs is 1. The molecule has 0 bridgehead atoms. The molecule has 11 heteroatoms. The Bertz CT molecular complexity index is 1640. The van der Waals surface area contributed by atoms with E-state index in [1.165, 1.54) is 24.3 Å². The fourth-order valence-electron chi connectivity index (χ4n) is 3.91. The smallest absolute Gasteiger partial charge is 0.872 e. The molecule has 2 N–H and O–H groups in total. The molecule has 5 rings (SSSR count). The van der Waals surface area contributed by atoms with E-state index in [1.807, 2.05) is 30.3 Å². The minimum atomic E-state index is -4.63. The second kappa shape index (κ2) is 10.9. The average molecular weight is 526 g/mol. The molecule has 5 aromatic rings. The minimum absolute atomic E-state index is 0. The van der Waals surface area contributed by atoms with Crippen molar-refractivity contribution in [1.29, 1.82) is 0 Å². The topological polar surface area (TPSA) is 137 Å². The Balaban J connectivity index is 0.00000320. The molecule has 37 heavy (non-hydrogen) atoms. The molecule has 0 amide bonds. The first-order valence-electron chi connectivity index (χ1n) is 10.9. The van der Waals surface area contributed by atoms with Crippen LogP contribution < -0.4 is 38.8 Å². The van der Waals surface area contributed by atoms with E-state index in [4.69, 9.17) is 9.54 Å². The van der Waals surface area contributed by atoms with Crippen molar-refractivity contribution < 1.29 is 56.9 Å². The van der Waals surface area contributed by atoms with Crippen molar-refractivity contribution >= 4 is 16.0 Å². The molecule has 182 valence electrons. The zero-order valence-corrected chi connectivity index (χ0v) is 22.6. The van der Waals surface area contributed by atoms with E-state index >= 15 is 0 Å². The summed E-state index contributed by atoms with van der Waals surface area (Å²) >= 11 is 0. The van der Waals surface area contributed by atoms with Crippen LogP contribution in [0.5, 0.6) is 17.4 Å². The first kappa shape index (κ1) is 26.6. The Labute approximate surface area is 235 Å². The Morgan fingerprint density at radius 2 is 1.46 bits per heavy atom. The number of rotatable bonds is 7. The summed E-state index contributed by atoms with van der Waals surface area (Å²) in [6, 6.07) is 22.1. The molecule has 0 saturated carbocycles. The van der Waals surface area contributed by atoms with E-state index < -0.39 is 10.4 Å². The van der Waals surface area contributed by atoms with Crippen LogP contribution in [0.3, 0.4) is 0 Å². The van der Waals surface area contributed by atoms with Crippen molar-refractivity contribution in [3.63, 3.8) is 0 Å². The van der Waals surface area contributed by atoms with E-state index in [2.05, 4.69) is 9.17 Å². The molecule has 0 spiro atoms. The minimum Gasteiger partial charge on any atom is -0.872 e. The summed E-state index contributed by atoms with van der Waals surface area (Å²) in [6.45, 7) is 0. The molecule has 0 aliphatic rings. The summed E-state index contributed by atoms with van der Waals surface area (Å²) in [4.78, 5) is 9.47. The number of nitrogens with zero attached hydrogens (tertiary/aromatic N) is 3. The second-order valence-corrected chi connectivity index (χ2v) is 9.19. The second-order valence-electron chi connectivity index (χ2n) is 8.17. The number of imidazole rings is 1. The molecular weight excluding hydrogens is 505 g/mol. The first-order valence-corrected chi connectivity index (χ1v) is 12.3. The van der Waals surface area contributed by atoms with E-state index in [1.54, 1.807) is 34.9 Å². The van der Waals surface area contributed by atoms with E-state index in [0.29, 0.717) is 41.1 Å². The predicted molar refractivity (Wildman–Crippen MR) is 130 cm³/mol. The van der Waals surface area contributed by atoms with Gasteiger partial charge in [0.05, 0.1) is 11.4 Å². The van der Waals surface area contributed by atoms with Gasteiger partial charge in [-0.3, -0.25) is 8.95 Å². The largest absolute Gasteiger partial charge is 1.00 e. The van der Waals surface area contributed by atoms with Crippen LogP contribution in [-0.4, -0.2) is 32.4 Å². The molecule has 3 aromatic carbocycles. The van der Waals surface area contributed by atoms with Crippen molar-refractivity contribution in [1.82, 2.24) is 14.4 Å². The molecule has 2 aromatic heterocycles. The number of aromatic nitrogens is 3. The summed E-state index contributed by atoms with van der Waals surface area (Å²) in [5, 5.41) is 22.5. The Kier molecular flexibility index (Phi) is 7.86. The van der Waals surface area contributed by atoms with Crippen LogP contribution >= 0.6 is 0 Å². The van der Waals surface area contributed by atoms with Crippen LogP contribution in [-0.2, 0) is 23.2 Å². The molecule has 9 nitrogen and oxygen atoms in total. The van der Waals surface area contributed by atoms with Gasteiger partial charge in [-0.15, -0.1) is 5.75 Å². The molecule has 0 radical (unpaired) electrons. The maximum Gasteiger partial charge on any atom is 1.00 e. The summed E-state index contributed by atoms with van der Waals surface area (Å²) in [5.41, 5.74) is 4.57. The van der Waals surface area contributed by atoms with Gasteiger partial charge in [0, 0.05) is 24.6 Å².